The Balaban J connectivity index is 1.86. The number of carbonyl (C=O) groups is 1. The maximum Gasteiger partial charge on any atom is 0.255 e. The van der Waals surface area contributed by atoms with E-state index >= 15 is 0 Å². The average Bonchev–Trinajstić information content (AvgIpc) is 3.05. The van der Waals surface area contributed by atoms with Crippen LogP contribution < -0.4 is 5.32 Å². The van der Waals surface area contributed by atoms with E-state index in [2.05, 4.69) is 29.5 Å². The van der Waals surface area contributed by atoms with Gasteiger partial charge in [-0.1, -0.05) is 42.8 Å². The summed E-state index contributed by atoms with van der Waals surface area (Å²) in [7, 11) is 0. The molecule has 0 unspecified atom stereocenters. The van der Waals surface area contributed by atoms with Crippen LogP contribution in [-0.2, 0) is 0 Å². The molecule has 0 radical (unpaired) electrons. The van der Waals surface area contributed by atoms with Crippen molar-refractivity contribution in [2.24, 2.45) is 0 Å². The van der Waals surface area contributed by atoms with Gasteiger partial charge in [-0.2, -0.15) is 0 Å². The van der Waals surface area contributed by atoms with Crippen LogP contribution >= 0.6 is 11.6 Å². The van der Waals surface area contributed by atoms with Crippen molar-refractivity contribution in [1.82, 2.24) is 15.0 Å². The molecule has 0 aliphatic carbocycles. The second kappa shape index (κ2) is 6.84. The predicted octanol–water partition coefficient (Wildman–Crippen LogP) is 4.30. The lowest BCUT2D eigenvalue weighted by Crippen LogP contribution is -2.12. The van der Waals surface area contributed by atoms with E-state index in [1.165, 1.54) is 0 Å². The summed E-state index contributed by atoms with van der Waals surface area (Å²) >= 11 is 5.93. The smallest absolute Gasteiger partial charge is 0.255 e. The Hall–Kier alpha value is -2.66. The normalized spacial score (nSPS) is 10.8. The molecule has 0 fully saturated rings. The number of halogens is 1. The van der Waals surface area contributed by atoms with Crippen molar-refractivity contribution >= 4 is 23.2 Å². The summed E-state index contributed by atoms with van der Waals surface area (Å²) in [5, 5.41) is 11.5. The van der Waals surface area contributed by atoms with Gasteiger partial charge in [-0.25, -0.2) is 4.68 Å². The summed E-state index contributed by atoms with van der Waals surface area (Å²) in [6.45, 7) is 4.17. The first-order valence-corrected chi connectivity index (χ1v) is 8.00. The molecular weight excluding hydrogens is 324 g/mol. The van der Waals surface area contributed by atoms with Crippen LogP contribution in [0.15, 0.2) is 54.7 Å². The minimum absolute atomic E-state index is 0.211. The lowest BCUT2D eigenvalue weighted by molar-refractivity contribution is 0.102. The zero-order chi connectivity index (χ0) is 17.1. The maximum atomic E-state index is 12.3. The van der Waals surface area contributed by atoms with Crippen molar-refractivity contribution in [3.63, 3.8) is 0 Å². The van der Waals surface area contributed by atoms with E-state index in [1.54, 1.807) is 35.1 Å². The first kappa shape index (κ1) is 16.2. The van der Waals surface area contributed by atoms with Crippen LogP contribution in [0.1, 0.15) is 35.8 Å². The molecule has 1 aromatic heterocycles. The first-order valence-electron chi connectivity index (χ1n) is 7.62. The molecule has 3 aromatic rings. The van der Waals surface area contributed by atoms with Gasteiger partial charge in [-0.3, -0.25) is 4.79 Å². The van der Waals surface area contributed by atoms with E-state index in [0.717, 1.165) is 11.4 Å². The van der Waals surface area contributed by atoms with Crippen LogP contribution in [0.2, 0.25) is 5.02 Å². The number of anilines is 1. The van der Waals surface area contributed by atoms with E-state index in [1.807, 2.05) is 24.3 Å². The quantitative estimate of drug-likeness (QED) is 0.770. The minimum Gasteiger partial charge on any atom is -0.322 e. The molecule has 6 heteroatoms. The fraction of sp³-hybridized carbons (Fsp3) is 0.167. The molecule has 122 valence electrons. The van der Waals surface area contributed by atoms with Crippen molar-refractivity contribution in [2.45, 2.75) is 19.8 Å². The van der Waals surface area contributed by atoms with Gasteiger partial charge in [0, 0.05) is 16.3 Å². The molecule has 5 nitrogen and oxygen atoms in total. The summed E-state index contributed by atoms with van der Waals surface area (Å²) in [5.41, 5.74) is 3.05. The Kier molecular flexibility index (Phi) is 4.62. The third kappa shape index (κ3) is 3.46. The Bertz CT molecular complexity index is 873. The van der Waals surface area contributed by atoms with Crippen molar-refractivity contribution < 1.29 is 4.79 Å². The number of amides is 1. The molecule has 0 saturated carbocycles. The molecule has 0 aliphatic rings. The molecule has 1 heterocycles. The van der Waals surface area contributed by atoms with Crippen molar-refractivity contribution in [3.05, 3.63) is 71.0 Å². The predicted molar refractivity (Wildman–Crippen MR) is 94.9 cm³/mol. The van der Waals surface area contributed by atoms with Crippen LogP contribution in [-0.4, -0.2) is 20.9 Å². The first-order chi connectivity index (χ1) is 11.5. The molecule has 0 bridgehead atoms. The summed E-state index contributed by atoms with van der Waals surface area (Å²) < 4.78 is 1.78. The summed E-state index contributed by atoms with van der Waals surface area (Å²) in [4.78, 5) is 12.3. The lowest BCUT2D eigenvalue weighted by atomic mass is 10.1. The van der Waals surface area contributed by atoms with Crippen molar-refractivity contribution in [1.29, 1.82) is 0 Å². The van der Waals surface area contributed by atoms with Crippen molar-refractivity contribution in [2.75, 3.05) is 5.32 Å². The lowest BCUT2D eigenvalue weighted by Gasteiger charge is -2.11. The Labute approximate surface area is 145 Å². The van der Waals surface area contributed by atoms with Crippen LogP contribution in [0.3, 0.4) is 0 Å². The van der Waals surface area contributed by atoms with Gasteiger partial charge in [-0.15, -0.1) is 5.10 Å². The fourth-order valence-corrected chi connectivity index (χ4v) is 2.58. The average molecular weight is 341 g/mol. The third-order valence-corrected chi connectivity index (χ3v) is 3.84. The van der Waals surface area contributed by atoms with Crippen LogP contribution in [0.4, 0.5) is 5.69 Å². The summed E-state index contributed by atoms with van der Waals surface area (Å²) in [6, 6.07) is 14.3. The van der Waals surface area contributed by atoms with Crippen molar-refractivity contribution in [3.8, 4) is 5.69 Å². The topological polar surface area (TPSA) is 59.8 Å². The SMILES string of the molecule is CC(C)c1cnnn1-c1cccc(NC(=O)c2cccc(Cl)c2)c1. The number of hydrogen-bond donors (Lipinski definition) is 1. The highest BCUT2D eigenvalue weighted by Gasteiger charge is 2.11. The maximum absolute atomic E-state index is 12.3. The monoisotopic (exact) mass is 340 g/mol. The Morgan fingerprint density at radius 1 is 1.17 bits per heavy atom. The van der Waals surface area contributed by atoms with E-state index in [4.69, 9.17) is 11.6 Å². The fourth-order valence-electron chi connectivity index (χ4n) is 2.39. The third-order valence-electron chi connectivity index (χ3n) is 3.60. The molecule has 1 N–H and O–H groups in total. The second-order valence-corrected chi connectivity index (χ2v) is 6.18. The van der Waals surface area contributed by atoms with Gasteiger partial charge in [0.2, 0.25) is 0 Å². The number of nitrogens with one attached hydrogen (secondary N) is 1. The van der Waals surface area contributed by atoms with Gasteiger partial charge >= 0.3 is 0 Å². The number of benzene rings is 2. The molecule has 0 aliphatic heterocycles. The standard InChI is InChI=1S/C18H17ClN4O/c1-12(2)17-11-20-22-23(17)16-8-4-7-15(10-16)21-18(24)13-5-3-6-14(19)9-13/h3-12H,1-2H3,(H,21,24). The highest BCUT2D eigenvalue weighted by molar-refractivity contribution is 6.31. The number of carbonyl (C=O) groups excluding carboxylic acids is 1. The highest BCUT2D eigenvalue weighted by atomic mass is 35.5. The van der Waals surface area contributed by atoms with Crippen LogP contribution in [0.25, 0.3) is 5.69 Å². The molecule has 3 rings (SSSR count). The Morgan fingerprint density at radius 2 is 1.96 bits per heavy atom. The summed E-state index contributed by atoms with van der Waals surface area (Å²) in [5.74, 6) is 0.0852. The summed E-state index contributed by atoms with van der Waals surface area (Å²) in [6.07, 6.45) is 1.75. The molecule has 0 saturated heterocycles. The van der Waals surface area contributed by atoms with Gasteiger partial charge in [0.15, 0.2) is 0 Å². The van der Waals surface area contributed by atoms with E-state index in [9.17, 15) is 4.79 Å². The Morgan fingerprint density at radius 3 is 2.71 bits per heavy atom. The highest BCUT2D eigenvalue weighted by Crippen LogP contribution is 2.20. The zero-order valence-corrected chi connectivity index (χ0v) is 14.2. The van der Waals surface area contributed by atoms with Gasteiger partial charge in [0.05, 0.1) is 17.6 Å². The van der Waals surface area contributed by atoms with Gasteiger partial charge in [0.1, 0.15) is 0 Å². The molecule has 2 aromatic carbocycles. The largest absolute Gasteiger partial charge is 0.322 e. The molecule has 0 spiro atoms. The number of rotatable bonds is 4. The number of nitrogens with zero attached hydrogens (tertiary/aromatic N) is 3. The van der Waals surface area contributed by atoms with Gasteiger partial charge < -0.3 is 5.32 Å². The van der Waals surface area contributed by atoms with Crippen LogP contribution in [0, 0.1) is 0 Å². The molecule has 0 atom stereocenters. The molecule has 1 amide bonds. The van der Waals surface area contributed by atoms with E-state index in [-0.39, 0.29) is 5.91 Å². The van der Waals surface area contributed by atoms with E-state index in [0.29, 0.717) is 22.2 Å². The van der Waals surface area contributed by atoms with Gasteiger partial charge in [0.25, 0.3) is 5.91 Å². The van der Waals surface area contributed by atoms with Crippen LogP contribution in [0.5, 0.6) is 0 Å². The van der Waals surface area contributed by atoms with E-state index < -0.39 is 0 Å². The molecular formula is C18H17ClN4O. The second-order valence-electron chi connectivity index (χ2n) is 5.74. The number of hydrogen-bond acceptors (Lipinski definition) is 3. The number of aromatic nitrogens is 3. The minimum atomic E-state index is -0.211. The molecule has 24 heavy (non-hydrogen) atoms. The van der Waals surface area contributed by atoms with Gasteiger partial charge in [-0.05, 0) is 42.3 Å². The zero-order valence-electron chi connectivity index (χ0n) is 13.4.